The molecule has 0 atom stereocenters. The minimum absolute atomic E-state index is 0.359. The zero-order chi connectivity index (χ0) is 12.1. The summed E-state index contributed by atoms with van der Waals surface area (Å²) in [6.07, 6.45) is 0. The van der Waals surface area contributed by atoms with Gasteiger partial charge in [-0.2, -0.15) is 0 Å². The van der Waals surface area contributed by atoms with E-state index in [0.29, 0.717) is 6.04 Å². The summed E-state index contributed by atoms with van der Waals surface area (Å²) in [7, 11) is 0. The van der Waals surface area contributed by atoms with Crippen LogP contribution < -0.4 is 10.6 Å². The summed E-state index contributed by atoms with van der Waals surface area (Å²) in [4.78, 5) is 0. The number of rotatable bonds is 4. The summed E-state index contributed by atoms with van der Waals surface area (Å²) in [6, 6.07) is 14.1. The minimum Gasteiger partial charge on any atom is -0.366 e. The highest BCUT2D eigenvalue weighted by atomic mass is 15.2. The minimum atomic E-state index is 0.359. The number of para-hydroxylation sites is 1. The Hall–Kier alpha value is -2.10. The number of hydrogen-bond donors (Lipinski definition) is 2. The van der Waals surface area contributed by atoms with Crippen molar-refractivity contribution in [3.05, 3.63) is 42.5 Å². The predicted molar refractivity (Wildman–Crippen MR) is 70.5 cm³/mol. The molecule has 4 heteroatoms. The second-order valence-corrected chi connectivity index (χ2v) is 4.09. The van der Waals surface area contributed by atoms with Crippen LogP contribution in [0.3, 0.4) is 0 Å². The Kier molecular flexibility index (Phi) is 3.55. The van der Waals surface area contributed by atoms with E-state index in [1.54, 1.807) is 0 Å². The maximum atomic E-state index is 4.10. The van der Waals surface area contributed by atoms with Crippen molar-refractivity contribution < 1.29 is 0 Å². The molecule has 2 aromatic rings. The summed E-state index contributed by atoms with van der Waals surface area (Å²) in [5.41, 5.74) is 1.01. The van der Waals surface area contributed by atoms with E-state index in [0.717, 1.165) is 17.3 Å². The molecule has 1 heterocycles. The van der Waals surface area contributed by atoms with Gasteiger partial charge in [0.05, 0.1) is 0 Å². The lowest BCUT2D eigenvalue weighted by molar-refractivity contribution is 0.874. The van der Waals surface area contributed by atoms with Crippen LogP contribution in [-0.4, -0.2) is 16.2 Å². The number of aromatic nitrogens is 2. The number of anilines is 3. The predicted octanol–water partition coefficient (Wildman–Crippen LogP) is 3.04. The molecule has 0 aliphatic carbocycles. The first-order chi connectivity index (χ1) is 8.24. The van der Waals surface area contributed by atoms with Gasteiger partial charge in [-0.05, 0) is 38.1 Å². The number of nitrogens with zero attached hydrogens (tertiary/aromatic N) is 2. The van der Waals surface area contributed by atoms with Gasteiger partial charge in [0, 0.05) is 11.7 Å². The van der Waals surface area contributed by atoms with Crippen molar-refractivity contribution in [2.24, 2.45) is 0 Å². The largest absolute Gasteiger partial charge is 0.366 e. The Bertz CT molecular complexity index is 451. The Balaban J connectivity index is 2.03. The number of nitrogens with one attached hydrogen (secondary N) is 2. The normalized spacial score (nSPS) is 10.3. The Morgan fingerprint density at radius 1 is 0.882 bits per heavy atom. The summed E-state index contributed by atoms with van der Waals surface area (Å²) < 4.78 is 0. The highest BCUT2D eigenvalue weighted by Crippen LogP contribution is 2.14. The third kappa shape index (κ3) is 3.45. The Labute approximate surface area is 101 Å². The van der Waals surface area contributed by atoms with Crippen molar-refractivity contribution in [2.75, 3.05) is 10.6 Å². The van der Waals surface area contributed by atoms with Crippen molar-refractivity contribution in [2.45, 2.75) is 19.9 Å². The van der Waals surface area contributed by atoms with Crippen molar-refractivity contribution in [1.29, 1.82) is 0 Å². The molecule has 0 fully saturated rings. The van der Waals surface area contributed by atoms with Crippen LogP contribution in [0, 0.1) is 0 Å². The van der Waals surface area contributed by atoms with E-state index in [2.05, 4.69) is 34.7 Å². The van der Waals surface area contributed by atoms with Crippen molar-refractivity contribution >= 4 is 17.3 Å². The van der Waals surface area contributed by atoms with Gasteiger partial charge in [-0.15, -0.1) is 10.2 Å². The maximum absolute atomic E-state index is 4.10. The highest BCUT2D eigenvalue weighted by Gasteiger charge is 1.99. The maximum Gasteiger partial charge on any atom is 0.153 e. The highest BCUT2D eigenvalue weighted by molar-refractivity contribution is 5.56. The van der Waals surface area contributed by atoms with Gasteiger partial charge in [0.15, 0.2) is 5.82 Å². The summed E-state index contributed by atoms with van der Waals surface area (Å²) in [5.74, 6) is 1.53. The molecule has 0 spiro atoms. The SMILES string of the molecule is CC(C)Nc1ccc(Nc2ccccc2)nn1. The van der Waals surface area contributed by atoms with Gasteiger partial charge in [0.2, 0.25) is 0 Å². The fourth-order valence-electron chi connectivity index (χ4n) is 1.44. The summed E-state index contributed by atoms with van der Waals surface area (Å²) in [5, 5.41) is 14.6. The third-order valence-electron chi connectivity index (χ3n) is 2.15. The Morgan fingerprint density at radius 3 is 2.12 bits per heavy atom. The van der Waals surface area contributed by atoms with Crippen LogP contribution in [-0.2, 0) is 0 Å². The van der Waals surface area contributed by atoms with E-state index in [4.69, 9.17) is 0 Å². The molecule has 0 aliphatic heterocycles. The van der Waals surface area contributed by atoms with Gasteiger partial charge in [-0.1, -0.05) is 18.2 Å². The van der Waals surface area contributed by atoms with E-state index in [-0.39, 0.29) is 0 Å². The fraction of sp³-hybridized carbons (Fsp3) is 0.231. The Morgan fingerprint density at radius 2 is 1.53 bits per heavy atom. The molecule has 2 N–H and O–H groups in total. The molecule has 0 unspecified atom stereocenters. The van der Waals surface area contributed by atoms with Crippen LogP contribution in [0.2, 0.25) is 0 Å². The lowest BCUT2D eigenvalue weighted by atomic mass is 10.3. The standard InChI is InChI=1S/C13H16N4/c1-10(2)14-12-8-9-13(17-16-12)15-11-6-4-3-5-7-11/h3-10H,1-2H3,(H,14,16)(H,15,17). The van der Waals surface area contributed by atoms with Gasteiger partial charge < -0.3 is 10.6 Å². The second-order valence-electron chi connectivity index (χ2n) is 4.09. The zero-order valence-corrected chi connectivity index (χ0v) is 10.0. The smallest absolute Gasteiger partial charge is 0.153 e. The number of hydrogen-bond acceptors (Lipinski definition) is 4. The van der Waals surface area contributed by atoms with Gasteiger partial charge in [-0.25, -0.2) is 0 Å². The molecule has 1 aromatic carbocycles. The van der Waals surface area contributed by atoms with E-state index < -0.39 is 0 Å². The molecule has 0 aliphatic rings. The first-order valence-electron chi connectivity index (χ1n) is 5.66. The third-order valence-corrected chi connectivity index (χ3v) is 2.15. The van der Waals surface area contributed by atoms with Crippen LogP contribution >= 0.6 is 0 Å². The van der Waals surface area contributed by atoms with Crippen LogP contribution in [0.4, 0.5) is 17.3 Å². The molecule has 0 amide bonds. The quantitative estimate of drug-likeness (QED) is 0.844. The molecular weight excluding hydrogens is 212 g/mol. The van der Waals surface area contributed by atoms with E-state index in [1.165, 1.54) is 0 Å². The van der Waals surface area contributed by atoms with Crippen LogP contribution in [0.5, 0.6) is 0 Å². The first-order valence-corrected chi connectivity index (χ1v) is 5.66. The lowest BCUT2D eigenvalue weighted by Gasteiger charge is -2.09. The topological polar surface area (TPSA) is 49.8 Å². The monoisotopic (exact) mass is 228 g/mol. The molecule has 0 saturated carbocycles. The van der Waals surface area contributed by atoms with E-state index >= 15 is 0 Å². The zero-order valence-electron chi connectivity index (χ0n) is 10.0. The molecule has 1 aromatic heterocycles. The van der Waals surface area contributed by atoms with E-state index in [1.807, 2.05) is 42.5 Å². The van der Waals surface area contributed by atoms with Gasteiger partial charge in [-0.3, -0.25) is 0 Å². The van der Waals surface area contributed by atoms with Gasteiger partial charge in [0.1, 0.15) is 5.82 Å². The first kappa shape index (κ1) is 11.4. The molecule has 0 saturated heterocycles. The second kappa shape index (κ2) is 5.30. The van der Waals surface area contributed by atoms with Crippen LogP contribution in [0.25, 0.3) is 0 Å². The van der Waals surface area contributed by atoms with Crippen molar-refractivity contribution in [1.82, 2.24) is 10.2 Å². The summed E-state index contributed by atoms with van der Waals surface area (Å²) in [6.45, 7) is 4.13. The number of benzene rings is 1. The lowest BCUT2D eigenvalue weighted by Crippen LogP contribution is -2.11. The van der Waals surface area contributed by atoms with Gasteiger partial charge in [0.25, 0.3) is 0 Å². The van der Waals surface area contributed by atoms with E-state index in [9.17, 15) is 0 Å². The average Bonchev–Trinajstić information content (AvgIpc) is 2.32. The summed E-state index contributed by atoms with van der Waals surface area (Å²) >= 11 is 0. The van der Waals surface area contributed by atoms with Crippen LogP contribution in [0.1, 0.15) is 13.8 Å². The van der Waals surface area contributed by atoms with Crippen molar-refractivity contribution in [3.8, 4) is 0 Å². The van der Waals surface area contributed by atoms with Gasteiger partial charge >= 0.3 is 0 Å². The fourth-order valence-corrected chi connectivity index (χ4v) is 1.44. The molecule has 2 rings (SSSR count). The average molecular weight is 228 g/mol. The molecule has 88 valence electrons. The molecule has 4 nitrogen and oxygen atoms in total. The molecule has 0 bridgehead atoms. The van der Waals surface area contributed by atoms with Crippen LogP contribution in [0.15, 0.2) is 42.5 Å². The van der Waals surface area contributed by atoms with Crippen molar-refractivity contribution in [3.63, 3.8) is 0 Å². The molecular formula is C13H16N4. The molecule has 17 heavy (non-hydrogen) atoms. The molecule has 0 radical (unpaired) electrons.